The Labute approximate surface area is 109 Å². The quantitative estimate of drug-likeness (QED) is 0.760. The molecule has 0 atom stereocenters. The lowest BCUT2D eigenvalue weighted by Gasteiger charge is -2.07. The molecule has 2 rings (SSSR count). The summed E-state index contributed by atoms with van der Waals surface area (Å²) in [6, 6.07) is 7.04. The molecule has 0 aliphatic carbocycles. The van der Waals surface area contributed by atoms with Crippen LogP contribution in [0.25, 0.3) is 0 Å². The number of H-pyrrole nitrogens is 1. The van der Waals surface area contributed by atoms with E-state index in [9.17, 15) is 4.79 Å². The lowest BCUT2D eigenvalue weighted by atomic mass is 10.3. The Hall–Kier alpha value is -2.41. The van der Waals surface area contributed by atoms with Gasteiger partial charge in [0.05, 0.1) is 12.8 Å². The molecule has 100 valence electrons. The molecule has 1 aromatic heterocycles. The van der Waals surface area contributed by atoms with Gasteiger partial charge in [-0.05, 0) is 24.3 Å². The Kier molecular flexibility index (Phi) is 4.46. The highest BCUT2D eigenvalue weighted by molar-refractivity contribution is 6.02. The first kappa shape index (κ1) is 13.0. The van der Waals surface area contributed by atoms with Gasteiger partial charge in [-0.2, -0.15) is 15.4 Å². The first-order valence-corrected chi connectivity index (χ1v) is 5.68. The van der Waals surface area contributed by atoms with Crippen molar-refractivity contribution in [1.29, 1.82) is 0 Å². The van der Waals surface area contributed by atoms with Crippen molar-refractivity contribution in [2.24, 2.45) is 0 Å². The number of hydrogen-bond acceptors (Lipinski definition) is 5. The molecule has 2 N–H and O–H groups in total. The Morgan fingerprint density at radius 2 is 2.11 bits per heavy atom. The molecular formula is C12H14N4O3. The van der Waals surface area contributed by atoms with Crippen molar-refractivity contribution >= 4 is 11.6 Å². The van der Waals surface area contributed by atoms with Crippen molar-refractivity contribution in [2.45, 2.75) is 0 Å². The maximum Gasteiger partial charge on any atom is 0.277 e. The largest absolute Gasteiger partial charge is 0.491 e. The molecule has 0 bridgehead atoms. The third-order valence-electron chi connectivity index (χ3n) is 2.32. The molecule has 0 radical (unpaired) electrons. The molecule has 1 amide bonds. The Bertz CT molecular complexity index is 510. The molecule has 0 saturated carbocycles. The molecule has 0 fully saturated rings. The second-order valence-electron chi connectivity index (χ2n) is 3.68. The van der Waals surface area contributed by atoms with Crippen LogP contribution >= 0.6 is 0 Å². The van der Waals surface area contributed by atoms with Crippen LogP contribution in [-0.2, 0) is 4.74 Å². The summed E-state index contributed by atoms with van der Waals surface area (Å²) in [4.78, 5) is 11.7. The van der Waals surface area contributed by atoms with E-state index >= 15 is 0 Å². The van der Waals surface area contributed by atoms with E-state index in [-0.39, 0.29) is 11.6 Å². The van der Waals surface area contributed by atoms with Crippen molar-refractivity contribution in [2.75, 3.05) is 25.6 Å². The smallest absolute Gasteiger partial charge is 0.277 e. The first-order chi connectivity index (χ1) is 9.29. The highest BCUT2D eigenvalue weighted by atomic mass is 16.5. The van der Waals surface area contributed by atoms with Crippen LogP contribution in [0.3, 0.4) is 0 Å². The number of aromatic nitrogens is 3. The van der Waals surface area contributed by atoms with E-state index in [1.165, 1.54) is 6.20 Å². The molecule has 7 heteroatoms. The van der Waals surface area contributed by atoms with Crippen LogP contribution in [0.2, 0.25) is 0 Å². The number of nitrogens with one attached hydrogen (secondary N) is 2. The molecule has 0 aliphatic heterocycles. The lowest BCUT2D eigenvalue weighted by Crippen LogP contribution is -2.12. The van der Waals surface area contributed by atoms with Gasteiger partial charge in [-0.1, -0.05) is 0 Å². The summed E-state index contributed by atoms with van der Waals surface area (Å²) in [6.45, 7) is 1.02. The molecule has 7 nitrogen and oxygen atoms in total. The Balaban J connectivity index is 1.90. The average molecular weight is 262 g/mol. The summed E-state index contributed by atoms with van der Waals surface area (Å²) in [6.07, 6.45) is 1.36. The van der Waals surface area contributed by atoms with Crippen LogP contribution in [0.1, 0.15) is 10.5 Å². The average Bonchev–Trinajstić information content (AvgIpc) is 2.95. The highest BCUT2D eigenvalue weighted by Gasteiger charge is 2.08. The third-order valence-corrected chi connectivity index (χ3v) is 2.32. The van der Waals surface area contributed by atoms with E-state index < -0.39 is 0 Å². The van der Waals surface area contributed by atoms with Gasteiger partial charge in [0.25, 0.3) is 5.91 Å². The van der Waals surface area contributed by atoms with Gasteiger partial charge < -0.3 is 14.8 Å². The molecule has 0 spiro atoms. The number of ether oxygens (including phenoxy) is 2. The number of carbonyl (C=O) groups is 1. The van der Waals surface area contributed by atoms with Crippen molar-refractivity contribution in [3.63, 3.8) is 0 Å². The van der Waals surface area contributed by atoms with Crippen molar-refractivity contribution < 1.29 is 14.3 Å². The summed E-state index contributed by atoms with van der Waals surface area (Å²) in [5.41, 5.74) is 0.896. The number of hydrogen-bond donors (Lipinski definition) is 2. The van der Waals surface area contributed by atoms with E-state index in [0.717, 1.165) is 5.75 Å². The zero-order chi connectivity index (χ0) is 13.5. The minimum absolute atomic E-state index is 0.237. The fourth-order valence-electron chi connectivity index (χ4n) is 1.38. The minimum atomic E-state index is -0.318. The number of nitrogens with zero attached hydrogens (tertiary/aromatic N) is 2. The minimum Gasteiger partial charge on any atom is -0.491 e. The van der Waals surface area contributed by atoms with Gasteiger partial charge in [0.15, 0.2) is 5.69 Å². The maximum atomic E-state index is 11.7. The number of amides is 1. The first-order valence-electron chi connectivity index (χ1n) is 5.68. The van der Waals surface area contributed by atoms with Crippen molar-refractivity contribution in [3.8, 4) is 5.75 Å². The molecule has 19 heavy (non-hydrogen) atoms. The molecule has 1 heterocycles. The van der Waals surface area contributed by atoms with E-state index in [4.69, 9.17) is 9.47 Å². The molecule has 0 saturated heterocycles. The summed E-state index contributed by atoms with van der Waals surface area (Å²) < 4.78 is 10.3. The SMILES string of the molecule is COCCOc1ccc(NC(=O)c2cn[nH]n2)cc1. The van der Waals surface area contributed by atoms with E-state index in [1.54, 1.807) is 31.4 Å². The van der Waals surface area contributed by atoms with Gasteiger partial charge in [-0.25, -0.2) is 0 Å². The highest BCUT2D eigenvalue weighted by Crippen LogP contribution is 2.16. The second kappa shape index (κ2) is 6.50. The zero-order valence-corrected chi connectivity index (χ0v) is 10.4. The zero-order valence-electron chi connectivity index (χ0n) is 10.4. The Morgan fingerprint density at radius 1 is 1.32 bits per heavy atom. The van der Waals surface area contributed by atoms with E-state index in [1.807, 2.05) is 0 Å². The number of methoxy groups -OCH3 is 1. The summed E-state index contributed by atoms with van der Waals surface area (Å²) in [7, 11) is 1.62. The number of benzene rings is 1. The van der Waals surface area contributed by atoms with E-state index in [2.05, 4.69) is 20.7 Å². The maximum absolute atomic E-state index is 11.7. The number of rotatable bonds is 6. The second-order valence-corrected chi connectivity index (χ2v) is 3.68. The van der Waals surface area contributed by atoms with E-state index in [0.29, 0.717) is 18.9 Å². The number of carbonyl (C=O) groups excluding carboxylic acids is 1. The van der Waals surface area contributed by atoms with Gasteiger partial charge in [0, 0.05) is 12.8 Å². The van der Waals surface area contributed by atoms with Crippen LogP contribution in [-0.4, -0.2) is 41.6 Å². The molecule has 0 aliphatic rings. The van der Waals surface area contributed by atoms with Crippen LogP contribution in [0, 0.1) is 0 Å². The normalized spacial score (nSPS) is 10.2. The van der Waals surface area contributed by atoms with Crippen LogP contribution in [0.5, 0.6) is 5.75 Å². The fourth-order valence-corrected chi connectivity index (χ4v) is 1.38. The molecule has 1 aromatic carbocycles. The van der Waals surface area contributed by atoms with Crippen LogP contribution in [0.4, 0.5) is 5.69 Å². The van der Waals surface area contributed by atoms with Crippen molar-refractivity contribution in [1.82, 2.24) is 15.4 Å². The molecular weight excluding hydrogens is 248 g/mol. The van der Waals surface area contributed by atoms with Gasteiger partial charge in [0.2, 0.25) is 0 Å². The topological polar surface area (TPSA) is 89.1 Å². The third kappa shape index (κ3) is 3.78. The summed E-state index contributed by atoms with van der Waals surface area (Å²) in [5, 5.41) is 12.3. The van der Waals surface area contributed by atoms with Crippen LogP contribution in [0.15, 0.2) is 30.5 Å². The van der Waals surface area contributed by atoms with Gasteiger partial charge >= 0.3 is 0 Å². The van der Waals surface area contributed by atoms with Crippen molar-refractivity contribution in [3.05, 3.63) is 36.2 Å². The number of anilines is 1. The Morgan fingerprint density at radius 3 is 2.74 bits per heavy atom. The predicted molar refractivity (Wildman–Crippen MR) is 68.1 cm³/mol. The molecule has 2 aromatic rings. The number of aromatic amines is 1. The van der Waals surface area contributed by atoms with Gasteiger partial charge in [-0.3, -0.25) is 4.79 Å². The van der Waals surface area contributed by atoms with Gasteiger partial charge in [-0.15, -0.1) is 0 Å². The van der Waals surface area contributed by atoms with Gasteiger partial charge in [0.1, 0.15) is 12.4 Å². The predicted octanol–water partition coefficient (Wildman–Crippen LogP) is 1.08. The summed E-state index contributed by atoms with van der Waals surface area (Å²) >= 11 is 0. The molecule has 0 unspecified atom stereocenters. The van der Waals surface area contributed by atoms with Crippen LogP contribution < -0.4 is 10.1 Å². The lowest BCUT2D eigenvalue weighted by molar-refractivity contribution is 0.102. The standard InChI is InChI=1S/C12H14N4O3/c1-18-6-7-19-10-4-2-9(3-5-10)14-12(17)11-8-13-16-15-11/h2-5,8H,6-7H2,1H3,(H,14,17)(H,13,15,16). The fraction of sp³-hybridized carbons (Fsp3) is 0.250. The monoisotopic (exact) mass is 262 g/mol. The summed E-state index contributed by atoms with van der Waals surface area (Å²) in [5.74, 6) is 0.401.